The van der Waals surface area contributed by atoms with E-state index in [0.29, 0.717) is 5.56 Å². The molecule has 0 fully saturated rings. The summed E-state index contributed by atoms with van der Waals surface area (Å²) in [6.45, 7) is 1.57. The molecule has 0 amide bonds. The summed E-state index contributed by atoms with van der Waals surface area (Å²) in [5.74, 6) is -3.80. The fourth-order valence-electron chi connectivity index (χ4n) is 3.14. The molecule has 0 aliphatic rings. The van der Waals surface area contributed by atoms with Gasteiger partial charge in [0.25, 0.3) is 0 Å². The topological polar surface area (TPSA) is 4.93 Å². The maximum atomic E-state index is 14.5. The van der Waals surface area contributed by atoms with Crippen molar-refractivity contribution in [2.75, 3.05) is 0 Å². The van der Waals surface area contributed by atoms with Gasteiger partial charge in [0.05, 0.1) is 16.7 Å². The molecular formula is C19H12F3N. The van der Waals surface area contributed by atoms with Gasteiger partial charge < -0.3 is 4.57 Å². The van der Waals surface area contributed by atoms with E-state index < -0.39 is 17.5 Å². The summed E-state index contributed by atoms with van der Waals surface area (Å²) < 4.78 is 43.4. The predicted octanol–water partition coefficient (Wildman–Crippen LogP) is 5.51. The molecule has 0 atom stereocenters. The van der Waals surface area contributed by atoms with Gasteiger partial charge in [0.2, 0.25) is 0 Å². The van der Waals surface area contributed by atoms with Crippen LogP contribution in [0.5, 0.6) is 0 Å². The van der Waals surface area contributed by atoms with Gasteiger partial charge in [-0.1, -0.05) is 36.4 Å². The summed E-state index contributed by atoms with van der Waals surface area (Å²) in [5, 5.41) is 1.87. The molecule has 4 heteroatoms. The molecule has 0 radical (unpaired) electrons. The number of hydrogen-bond donors (Lipinski definition) is 0. The van der Waals surface area contributed by atoms with Crippen LogP contribution in [0.1, 0.15) is 5.56 Å². The van der Waals surface area contributed by atoms with Crippen molar-refractivity contribution >= 4 is 21.8 Å². The molecule has 0 bridgehead atoms. The van der Waals surface area contributed by atoms with Gasteiger partial charge in [-0.05, 0) is 30.7 Å². The van der Waals surface area contributed by atoms with Crippen molar-refractivity contribution in [1.29, 1.82) is 0 Å². The first-order valence-electron chi connectivity index (χ1n) is 7.22. The SMILES string of the molecule is Cc1cc(F)c(F)c(F)c1-n1c2ccccc2c2ccccc21. The van der Waals surface area contributed by atoms with Crippen LogP contribution in [0.3, 0.4) is 0 Å². The Morgan fingerprint density at radius 1 is 0.739 bits per heavy atom. The highest BCUT2D eigenvalue weighted by Crippen LogP contribution is 2.34. The average Bonchev–Trinajstić information content (AvgIpc) is 2.88. The molecule has 0 aliphatic carbocycles. The predicted molar refractivity (Wildman–Crippen MR) is 85.4 cm³/mol. The average molecular weight is 311 g/mol. The van der Waals surface area contributed by atoms with Crippen molar-refractivity contribution in [2.24, 2.45) is 0 Å². The number of rotatable bonds is 1. The Morgan fingerprint density at radius 2 is 1.26 bits per heavy atom. The molecule has 0 unspecified atom stereocenters. The van der Waals surface area contributed by atoms with E-state index in [9.17, 15) is 13.2 Å². The molecule has 0 spiro atoms. The molecule has 1 nitrogen and oxygen atoms in total. The van der Waals surface area contributed by atoms with E-state index in [-0.39, 0.29) is 5.69 Å². The van der Waals surface area contributed by atoms with Crippen LogP contribution in [-0.4, -0.2) is 4.57 Å². The van der Waals surface area contributed by atoms with Crippen molar-refractivity contribution in [3.05, 3.63) is 77.6 Å². The molecule has 0 N–H and O–H groups in total. The zero-order valence-electron chi connectivity index (χ0n) is 12.3. The molecule has 0 saturated heterocycles. The number of fused-ring (bicyclic) bond motifs is 3. The maximum Gasteiger partial charge on any atom is 0.196 e. The Labute approximate surface area is 130 Å². The summed E-state index contributed by atoms with van der Waals surface area (Å²) in [7, 11) is 0. The van der Waals surface area contributed by atoms with E-state index in [1.807, 2.05) is 48.5 Å². The minimum absolute atomic E-state index is 0.0429. The molecule has 3 aromatic carbocycles. The van der Waals surface area contributed by atoms with E-state index in [4.69, 9.17) is 0 Å². The fourth-order valence-corrected chi connectivity index (χ4v) is 3.14. The molecule has 114 valence electrons. The van der Waals surface area contributed by atoms with Crippen LogP contribution in [0.4, 0.5) is 13.2 Å². The van der Waals surface area contributed by atoms with Gasteiger partial charge in [-0.3, -0.25) is 0 Å². The first-order chi connectivity index (χ1) is 11.1. The lowest BCUT2D eigenvalue weighted by Crippen LogP contribution is -2.05. The van der Waals surface area contributed by atoms with E-state index >= 15 is 0 Å². The normalized spacial score (nSPS) is 11.5. The van der Waals surface area contributed by atoms with Crippen molar-refractivity contribution < 1.29 is 13.2 Å². The van der Waals surface area contributed by atoms with Gasteiger partial charge in [0, 0.05) is 10.8 Å². The van der Waals surface area contributed by atoms with Crippen molar-refractivity contribution in [2.45, 2.75) is 6.92 Å². The summed E-state index contributed by atoms with van der Waals surface area (Å²) in [6.07, 6.45) is 0. The molecule has 0 aliphatic heterocycles. The first-order valence-corrected chi connectivity index (χ1v) is 7.22. The number of aryl methyl sites for hydroxylation is 1. The number of aromatic nitrogens is 1. The molecule has 1 aromatic heterocycles. The monoisotopic (exact) mass is 311 g/mol. The molecule has 0 saturated carbocycles. The lowest BCUT2D eigenvalue weighted by atomic mass is 10.1. The first kappa shape index (κ1) is 13.9. The van der Waals surface area contributed by atoms with Gasteiger partial charge in [0.1, 0.15) is 0 Å². The highest BCUT2D eigenvalue weighted by Gasteiger charge is 2.21. The Balaban J connectivity index is 2.24. The summed E-state index contributed by atoms with van der Waals surface area (Å²) in [5.41, 5.74) is 1.89. The minimum Gasteiger partial charge on any atom is -0.306 e. The third-order valence-electron chi connectivity index (χ3n) is 4.13. The summed E-state index contributed by atoms with van der Waals surface area (Å²) in [6, 6.07) is 16.0. The number of halogens is 3. The lowest BCUT2D eigenvalue weighted by Gasteiger charge is -2.13. The Morgan fingerprint density at radius 3 is 1.83 bits per heavy atom. The van der Waals surface area contributed by atoms with E-state index in [0.717, 1.165) is 27.9 Å². The fraction of sp³-hybridized carbons (Fsp3) is 0.0526. The maximum absolute atomic E-state index is 14.5. The third-order valence-corrected chi connectivity index (χ3v) is 4.13. The number of benzene rings is 3. The van der Waals surface area contributed by atoms with Crippen molar-refractivity contribution in [3.8, 4) is 5.69 Å². The Kier molecular flexibility index (Phi) is 2.94. The van der Waals surface area contributed by atoms with E-state index in [1.54, 1.807) is 11.5 Å². The molecular weight excluding hydrogens is 299 g/mol. The van der Waals surface area contributed by atoms with Gasteiger partial charge in [-0.2, -0.15) is 0 Å². The molecule has 23 heavy (non-hydrogen) atoms. The zero-order chi connectivity index (χ0) is 16.1. The Hall–Kier alpha value is -2.75. The Bertz CT molecular complexity index is 1010. The van der Waals surface area contributed by atoms with E-state index in [2.05, 4.69) is 0 Å². The quantitative estimate of drug-likeness (QED) is 0.408. The number of nitrogens with zero attached hydrogens (tertiary/aromatic N) is 1. The largest absolute Gasteiger partial charge is 0.306 e. The van der Waals surface area contributed by atoms with Crippen LogP contribution in [0.15, 0.2) is 54.6 Å². The molecule has 4 aromatic rings. The lowest BCUT2D eigenvalue weighted by molar-refractivity contribution is 0.444. The van der Waals surface area contributed by atoms with Gasteiger partial charge >= 0.3 is 0 Å². The van der Waals surface area contributed by atoms with Gasteiger partial charge in [-0.25, -0.2) is 13.2 Å². The number of para-hydroxylation sites is 2. The third kappa shape index (κ3) is 1.88. The van der Waals surface area contributed by atoms with Crippen LogP contribution >= 0.6 is 0 Å². The number of hydrogen-bond acceptors (Lipinski definition) is 0. The van der Waals surface area contributed by atoms with Gasteiger partial charge in [0.15, 0.2) is 17.5 Å². The van der Waals surface area contributed by atoms with Crippen LogP contribution in [-0.2, 0) is 0 Å². The smallest absolute Gasteiger partial charge is 0.196 e. The zero-order valence-corrected chi connectivity index (χ0v) is 12.3. The second-order valence-electron chi connectivity index (χ2n) is 5.52. The summed E-state index contributed by atoms with van der Waals surface area (Å²) >= 11 is 0. The van der Waals surface area contributed by atoms with Crippen LogP contribution in [0.25, 0.3) is 27.5 Å². The molecule has 4 rings (SSSR count). The highest BCUT2D eigenvalue weighted by molar-refractivity contribution is 6.09. The van der Waals surface area contributed by atoms with E-state index in [1.165, 1.54) is 0 Å². The van der Waals surface area contributed by atoms with Crippen LogP contribution < -0.4 is 0 Å². The minimum atomic E-state index is -1.45. The van der Waals surface area contributed by atoms with Crippen molar-refractivity contribution in [1.82, 2.24) is 4.57 Å². The molecule has 1 heterocycles. The highest BCUT2D eigenvalue weighted by atomic mass is 19.2. The van der Waals surface area contributed by atoms with Gasteiger partial charge in [-0.15, -0.1) is 0 Å². The second-order valence-corrected chi connectivity index (χ2v) is 5.52. The standard InChI is InChI=1S/C19H12F3N/c1-11-10-14(20)17(21)18(22)19(11)23-15-8-4-2-6-12(15)13-7-3-5-9-16(13)23/h2-10H,1H3. The van der Waals surface area contributed by atoms with Crippen LogP contribution in [0.2, 0.25) is 0 Å². The second kappa shape index (κ2) is 4.88. The van der Waals surface area contributed by atoms with Crippen LogP contribution in [0, 0.1) is 24.4 Å². The van der Waals surface area contributed by atoms with Crippen molar-refractivity contribution in [3.63, 3.8) is 0 Å². The summed E-state index contributed by atoms with van der Waals surface area (Å²) in [4.78, 5) is 0.